The topological polar surface area (TPSA) is 84.5 Å². The van der Waals surface area contributed by atoms with E-state index in [1.807, 2.05) is 24.3 Å². The Balaban J connectivity index is 2.28. The third-order valence-electron chi connectivity index (χ3n) is 4.04. The minimum atomic E-state index is -3.46. The van der Waals surface area contributed by atoms with Gasteiger partial charge in [0.2, 0.25) is 10.0 Å². The summed E-state index contributed by atoms with van der Waals surface area (Å²) in [6, 6.07) is 11.7. The summed E-state index contributed by atoms with van der Waals surface area (Å²) < 4.78 is 30.4. The fourth-order valence-electron chi connectivity index (χ4n) is 2.80. The van der Waals surface area contributed by atoms with Crippen LogP contribution in [0.1, 0.15) is 42.2 Å². The molecule has 0 unspecified atom stereocenters. The van der Waals surface area contributed by atoms with Crippen molar-refractivity contribution in [2.75, 3.05) is 18.1 Å². The van der Waals surface area contributed by atoms with Crippen molar-refractivity contribution in [1.29, 1.82) is 0 Å². The highest BCUT2D eigenvalue weighted by molar-refractivity contribution is 7.92. The molecule has 2 aromatic carbocycles. The summed E-state index contributed by atoms with van der Waals surface area (Å²) >= 11 is 6.18. The largest absolute Gasteiger partial charge is 0.497 e. The normalized spacial score (nSPS) is 12.5. The Kier molecular flexibility index (Phi) is 7.32. The number of ether oxygens (including phenoxy) is 1. The van der Waals surface area contributed by atoms with Gasteiger partial charge in [-0.05, 0) is 48.2 Å². The van der Waals surface area contributed by atoms with E-state index in [4.69, 9.17) is 16.3 Å². The third-order valence-corrected chi connectivity index (χ3v) is 4.98. The number of sulfonamides is 1. The molecule has 0 aromatic heterocycles. The lowest BCUT2D eigenvalue weighted by atomic mass is 9.96. The van der Waals surface area contributed by atoms with Crippen LogP contribution in [0.5, 0.6) is 5.75 Å². The summed E-state index contributed by atoms with van der Waals surface area (Å²) in [5, 5.41) is 3.25. The van der Waals surface area contributed by atoms with Gasteiger partial charge in [-0.3, -0.25) is 9.52 Å². The van der Waals surface area contributed by atoms with E-state index in [1.165, 1.54) is 18.2 Å². The second kappa shape index (κ2) is 9.30. The monoisotopic (exact) mass is 424 g/mol. The van der Waals surface area contributed by atoms with Gasteiger partial charge >= 0.3 is 0 Å². The number of nitrogens with one attached hydrogen (secondary N) is 2. The quantitative estimate of drug-likeness (QED) is 0.663. The Morgan fingerprint density at radius 1 is 1.14 bits per heavy atom. The van der Waals surface area contributed by atoms with Crippen LogP contribution in [0, 0.1) is 5.92 Å². The van der Waals surface area contributed by atoms with E-state index in [1.54, 1.807) is 7.11 Å². The molecule has 2 aromatic rings. The van der Waals surface area contributed by atoms with E-state index in [-0.39, 0.29) is 28.2 Å². The first-order valence-corrected chi connectivity index (χ1v) is 11.1. The average molecular weight is 425 g/mol. The Labute approximate surface area is 171 Å². The molecule has 0 aliphatic carbocycles. The molecule has 2 rings (SSSR count). The first kappa shape index (κ1) is 22.0. The molecule has 0 aliphatic heterocycles. The van der Waals surface area contributed by atoms with E-state index in [2.05, 4.69) is 23.9 Å². The van der Waals surface area contributed by atoms with Crippen molar-refractivity contribution in [3.8, 4) is 5.75 Å². The zero-order valence-electron chi connectivity index (χ0n) is 16.3. The maximum atomic E-state index is 12.9. The minimum Gasteiger partial charge on any atom is -0.497 e. The first-order chi connectivity index (χ1) is 13.1. The molecule has 0 aliphatic rings. The number of anilines is 1. The molecule has 152 valence electrons. The van der Waals surface area contributed by atoms with Crippen molar-refractivity contribution in [2.24, 2.45) is 5.92 Å². The minimum absolute atomic E-state index is 0.206. The standard InChI is InChI=1S/C20H25ClN2O4S/c1-13(2)11-19(14-5-8-16(27-3)9-6-14)22-20(24)17-12-15(7-10-18(17)21)23-28(4,25)26/h5-10,12-13,19,23H,11H2,1-4H3,(H,22,24)/t19-/m0/s1. The highest BCUT2D eigenvalue weighted by Gasteiger charge is 2.20. The molecule has 0 saturated heterocycles. The Hall–Kier alpha value is -2.25. The van der Waals surface area contributed by atoms with Crippen LogP contribution in [0.15, 0.2) is 42.5 Å². The van der Waals surface area contributed by atoms with Crippen LogP contribution in [0.2, 0.25) is 5.02 Å². The van der Waals surface area contributed by atoms with E-state index in [0.717, 1.165) is 24.0 Å². The van der Waals surface area contributed by atoms with Crippen molar-refractivity contribution in [1.82, 2.24) is 5.32 Å². The van der Waals surface area contributed by atoms with Gasteiger partial charge in [-0.1, -0.05) is 37.6 Å². The third kappa shape index (κ3) is 6.42. The summed E-state index contributed by atoms with van der Waals surface area (Å²) in [5.74, 6) is 0.714. The SMILES string of the molecule is COc1ccc([C@H](CC(C)C)NC(=O)c2cc(NS(C)(=O)=O)ccc2Cl)cc1. The molecule has 0 radical (unpaired) electrons. The van der Waals surface area contributed by atoms with Crippen LogP contribution < -0.4 is 14.8 Å². The molecule has 0 heterocycles. The molecule has 0 saturated carbocycles. The van der Waals surface area contributed by atoms with Crippen LogP contribution in [0.4, 0.5) is 5.69 Å². The molecule has 0 spiro atoms. The van der Waals surface area contributed by atoms with Gasteiger partial charge in [0.25, 0.3) is 5.91 Å². The lowest BCUT2D eigenvalue weighted by Gasteiger charge is -2.22. The summed E-state index contributed by atoms with van der Waals surface area (Å²) in [5.41, 5.74) is 1.43. The second-order valence-electron chi connectivity index (χ2n) is 7.00. The summed E-state index contributed by atoms with van der Waals surface area (Å²) in [6.07, 6.45) is 1.78. The van der Waals surface area contributed by atoms with Crippen LogP contribution in [-0.4, -0.2) is 27.7 Å². The number of carbonyl (C=O) groups is 1. The van der Waals surface area contributed by atoms with Crippen LogP contribution >= 0.6 is 11.6 Å². The maximum Gasteiger partial charge on any atom is 0.253 e. The van der Waals surface area contributed by atoms with Crippen molar-refractivity contribution in [2.45, 2.75) is 26.3 Å². The zero-order chi connectivity index (χ0) is 20.9. The van der Waals surface area contributed by atoms with Gasteiger partial charge < -0.3 is 10.1 Å². The van der Waals surface area contributed by atoms with Crippen molar-refractivity contribution >= 4 is 33.2 Å². The molecular weight excluding hydrogens is 400 g/mol. The van der Waals surface area contributed by atoms with Gasteiger partial charge in [-0.25, -0.2) is 8.42 Å². The van der Waals surface area contributed by atoms with E-state index >= 15 is 0 Å². The summed E-state index contributed by atoms with van der Waals surface area (Å²) in [6.45, 7) is 4.15. The smallest absolute Gasteiger partial charge is 0.253 e. The second-order valence-corrected chi connectivity index (χ2v) is 9.15. The molecule has 1 amide bonds. The molecule has 0 bridgehead atoms. The molecule has 6 nitrogen and oxygen atoms in total. The van der Waals surface area contributed by atoms with Crippen LogP contribution in [0.3, 0.4) is 0 Å². The van der Waals surface area contributed by atoms with Gasteiger partial charge in [0.05, 0.1) is 30.0 Å². The maximum absolute atomic E-state index is 12.9. The van der Waals surface area contributed by atoms with Gasteiger partial charge in [0, 0.05) is 5.69 Å². The van der Waals surface area contributed by atoms with Crippen LogP contribution in [0.25, 0.3) is 0 Å². The lowest BCUT2D eigenvalue weighted by Crippen LogP contribution is -2.30. The van der Waals surface area contributed by atoms with Gasteiger partial charge in [-0.15, -0.1) is 0 Å². The van der Waals surface area contributed by atoms with Crippen LogP contribution in [-0.2, 0) is 10.0 Å². The lowest BCUT2D eigenvalue weighted by molar-refractivity contribution is 0.0932. The molecule has 1 atom stereocenters. The highest BCUT2D eigenvalue weighted by Crippen LogP contribution is 2.26. The Morgan fingerprint density at radius 3 is 2.32 bits per heavy atom. The molecule has 8 heteroatoms. The number of hydrogen-bond acceptors (Lipinski definition) is 4. The summed E-state index contributed by atoms with van der Waals surface area (Å²) in [4.78, 5) is 12.9. The number of hydrogen-bond donors (Lipinski definition) is 2. The van der Waals surface area contributed by atoms with Crippen molar-refractivity contribution in [3.05, 3.63) is 58.6 Å². The number of benzene rings is 2. The highest BCUT2D eigenvalue weighted by atomic mass is 35.5. The van der Waals surface area contributed by atoms with E-state index in [9.17, 15) is 13.2 Å². The number of methoxy groups -OCH3 is 1. The fourth-order valence-corrected chi connectivity index (χ4v) is 3.56. The predicted octanol–water partition coefficient (Wildman–Crippen LogP) is 4.24. The van der Waals surface area contributed by atoms with E-state index in [0.29, 0.717) is 5.92 Å². The molecular formula is C20H25ClN2O4S. The number of carbonyl (C=O) groups excluding carboxylic acids is 1. The molecule has 0 fully saturated rings. The molecule has 28 heavy (non-hydrogen) atoms. The predicted molar refractivity (Wildman–Crippen MR) is 113 cm³/mol. The van der Waals surface area contributed by atoms with Gasteiger partial charge in [0.1, 0.15) is 5.75 Å². The summed E-state index contributed by atoms with van der Waals surface area (Å²) in [7, 11) is -1.86. The van der Waals surface area contributed by atoms with Crippen molar-refractivity contribution < 1.29 is 17.9 Å². The van der Waals surface area contributed by atoms with Gasteiger partial charge in [-0.2, -0.15) is 0 Å². The number of amides is 1. The van der Waals surface area contributed by atoms with E-state index < -0.39 is 10.0 Å². The number of rotatable bonds is 8. The zero-order valence-corrected chi connectivity index (χ0v) is 17.9. The van der Waals surface area contributed by atoms with Gasteiger partial charge in [0.15, 0.2) is 0 Å². The fraction of sp³-hybridized carbons (Fsp3) is 0.350. The van der Waals surface area contributed by atoms with Crippen molar-refractivity contribution in [3.63, 3.8) is 0 Å². The molecule has 2 N–H and O–H groups in total. The first-order valence-electron chi connectivity index (χ1n) is 8.81. The number of halogens is 1. The Morgan fingerprint density at radius 2 is 1.79 bits per heavy atom. The average Bonchev–Trinajstić information content (AvgIpc) is 2.61. The Bertz CT molecular complexity index is 928.